The lowest BCUT2D eigenvalue weighted by atomic mass is 10.1. The van der Waals surface area contributed by atoms with E-state index in [1.165, 1.54) is 22.1 Å². The van der Waals surface area contributed by atoms with E-state index in [0.717, 1.165) is 19.6 Å². The Morgan fingerprint density at radius 2 is 2.31 bits per heavy atom. The topological polar surface area (TPSA) is 15.3 Å². The lowest BCUT2D eigenvalue weighted by Crippen LogP contribution is -2.50. The van der Waals surface area contributed by atoms with Gasteiger partial charge in [0, 0.05) is 30.1 Å². The third-order valence-corrected chi connectivity index (χ3v) is 3.86. The molecule has 16 heavy (non-hydrogen) atoms. The van der Waals surface area contributed by atoms with Gasteiger partial charge in [0.1, 0.15) is 0 Å². The Kier molecular flexibility index (Phi) is 3.87. The van der Waals surface area contributed by atoms with Crippen molar-refractivity contribution in [1.82, 2.24) is 5.32 Å². The summed E-state index contributed by atoms with van der Waals surface area (Å²) < 4.78 is 1.20. The zero-order chi connectivity index (χ0) is 11.5. The molecule has 1 aromatic carbocycles. The molecule has 1 N–H and O–H groups in total. The first-order valence-electron chi connectivity index (χ1n) is 5.95. The number of anilines is 1. The molecule has 1 aliphatic heterocycles. The first kappa shape index (κ1) is 11.9. The molecule has 0 saturated carbocycles. The zero-order valence-electron chi connectivity index (χ0n) is 9.96. The second kappa shape index (κ2) is 5.19. The van der Waals surface area contributed by atoms with Crippen molar-refractivity contribution in [2.24, 2.45) is 0 Å². The number of hydrogen-bond donors (Lipinski definition) is 1. The minimum Gasteiger partial charge on any atom is -0.368 e. The molecule has 1 atom stereocenters. The summed E-state index contributed by atoms with van der Waals surface area (Å²) in [5, 5.41) is 3.55. The Morgan fingerprint density at radius 3 is 3.06 bits per heavy atom. The fraction of sp³-hybridized carbons (Fsp3) is 0.538. The molecule has 0 radical (unpaired) electrons. The number of aryl methyl sites for hydroxylation is 1. The summed E-state index contributed by atoms with van der Waals surface area (Å²) in [6, 6.07) is 7.18. The van der Waals surface area contributed by atoms with Gasteiger partial charge in [-0.05, 0) is 47.0 Å². The summed E-state index contributed by atoms with van der Waals surface area (Å²) in [4.78, 5) is 2.47. The number of nitrogens with zero attached hydrogens (tertiary/aromatic N) is 1. The Bertz CT molecular complexity index is 365. The summed E-state index contributed by atoms with van der Waals surface area (Å²) >= 11 is 3.65. The van der Waals surface area contributed by atoms with Gasteiger partial charge in [0.25, 0.3) is 0 Å². The van der Waals surface area contributed by atoms with Gasteiger partial charge in [-0.2, -0.15) is 0 Å². The summed E-state index contributed by atoms with van der Waals surface area (Å²) in [5.74, 6) is 0. The standard InChI is InChI=1S/C13H19BrN2/c1-3-11-9-16(7-6-15-11)13-8-10(2)4-5-12(13)14/h4-5,8,11,15H,3,6-7,9H2,1-2H3. The minimum atomic E-state index is 0.626. The van der Waals surface area contributed by atoms with Crippen LogP contribution in [0, 0.1) is 6.92 Å². The molecular weight excluding hydrogens is 264 g/mol. The van der Waals surface area contributed by atoms with Gasteiger partial charge < -0.3 is 10.2 Å². The highest BCUT2D eigenvalue weighted by Crippen LogP contribution is 2.28. The van der Waals surface area contributed by atoms with Gasteiger partial charge >= 0.3 is 0 Å². The van der Waals surface area contributed by atoms with Gasteiger partial charge in [-0.1, -0.05) is 13.0 Å². The van der Waals surface area contributed by atoms with E-state index in [1.807, 2.05) is 0 Å². The summed E-state index contributed by atoms with van der Waals surface area (Å²) in [7, 11) is 0. The molecule has 88 valence electrons. The predicted molar refractivity (Wildman–Crippen MR) is 73.2 cm³/mol. The smallest absolute Gasteiger partial charge is 0.0514 e. The largest absolute Gasteiger partial charge is 0.368 e. The highest BCUT2D eigenvalue weighted by atomic mass is 79.9. The van der Waals surface area contributed by atoms with Crippen molar-refractivity contribution < 1.29 is 0 Å². The molecule has 0 spiro atoms. The molecule has 1 heterocycles. The molecule has 3 heteroatoms. The molecular formula is C13H19BrN2. The van der Waals surface area contributed by atoms with Crippen molar-refractivity contribution >= 4 is 21.6 Å². The molecule has 0 aliphatic carbocycles. The maximum absolute atomic E-state index is 3.65. The molecule has 1 aromatic rings. The quantitative estimate of drug-likeness (QED) is 0.897. The maximum Gasteiger partial charge on any atom is 0.0514 e. The number of hydrogen-bond acceptors (Lipinski definition) is 2. The van der Waals surface area contributed by atoms with E-state index in [9.17, 15) is 0 Å². The molecule has 2 rings (SSSR count). The van der Waals surface area contributed by atoms with Crippen LogP contribution >= 0.6 is 15.9 Å². The van der Waals surface area contributed by atoms with E-state index < -0.39 is 0 Å². The normalized spacial score (nSPS) is 21.2. The van der Waals surface area contributed by atoms with Crippen LogP contribution in [-0.4, -0.2) is 25.7 Å². The average Bonchev–Trinajstić information content (AvgIpc) is 2.32. The third kappa shape index (κ3) is 2.58. The lowest BCUT2D eigenvalue weighted by molar-refractivity contribution is 0.446. The second-order valence-electron chi connectivity index (χ2n) is 4.46. The summed E-state index contributed by atoms with van der Waals surface area (Å²) in [5.41, 5.74) is 2.66. The number of nitrogens with one attached hydrogen (secondary N) is 1. The van der Waals surface area contributed by atoms with Crippen LogP contribution in [-0.2, 0) is 0 Å². The highest BCUT2D eigenvalue weighted by Gasteiger charge is 2.19. The van der Waals surface area contributed by atoms with E-state index in [4.69, 9.17) is 0 Å². The van der Waals surface area contributed by atoms with Crippen LogP contribution in [0.25, 0.3) is 0 Å². The molecule has 1 fully saturated rings. The van der Waals surface area contributed by atoms with Crippen molar-refractivity contribution in [1.29, 1.82) is 0 Å². The van der Waals surface area contributed by atoms with Gasteiger partial charge in [-0.25, -0.2) is 0 Å². The van der Waals surface area contributed by atoms with E-state index in [1.54, 1.807) is 0 Å². The summed E-state index contributed by atoms with van der Waals surface area (Å²) in [6.45, 7) is 7.68. The van der Waals surface area contributed by atoms with Gasteiger partial charge in [0.05, 0.1) is 5.69 Å². The fourth-order valence-electron chi connectivity index (χ4n) is 2.18. The zero-order valence-corrected chi connectivity index (χ0v) is 11.5. The third-order valence-electron chi connectivity index (χ3n) is 3.19. The molecule has 1 saturated heterocycles. The molecule has 1 aliphatic rings. The minimum absolute atomic E-state index is 0.626. The predicted octanol–water partition coefficient (Wildman–Crippen LogP) is 2.95. The van der Waals surface area contributed by atoms with Crippen LogP contribution in [0.15, 0.2) is 22.7 Å². The molecule has 2 nitrogen and oxygen atoms in total. The van der Waals surface area contributed by atoms with E-state index >= 15 is 0 Å². The molecule has 1 unspecified atom stereocenters. The Morgan fingerprint density at radius 1 is 1.50 bits per heavy atom. The fourth-order valence-corrected chi connectivity index (χ4v) is 2.68. The van der Waals surface area contributed by atoms with Crippen LogP contribution in [0.3, 0.4) is 0 Å². The van der Waals surface area contributed by atoms with Gasteiger partial charge in [0.2, 0.25) is 0 Å². The SMILES string of the molecule is CCC1CN(c2cc(C)ccc2Br)CCN1. The summed E-state index contributed by atoms with van der Waals surface area (Å²) in [6.07, 6.45) is 1.19. The van der Waals surface area contributed by atoms with Crippen LogP contribution in [0.5, 0.6) is 0 Å². The average molecular weight is 283 g/mol. The van der Waals surface area contributed by atoms with Crippen LogP contribution < -0.4 is 10.2 Å². The number of rotatable bonds is 2. The van der Waals surface area contributed by atoms with Gasteiger partial charge in [-0.15, -0.1) is 0 Å². The van der Waals surface area contributed by atoms with Crippen LogP contribution in [0.1, 0.15) is 18.9 Å². The van der Waals surface area contributed by atoms with Gasteiger partial charge in [0.15, 0.2) is 0 Å². The Balaban J connectivity index is 2.19. The van der Waals surface area contributed by atoms with Crippen molar-refractivity contribution in [2.45, 2.75) is 26.3 Å². The number of halogens is 1. The Labute approximate surface area is 106 Å². The van der Waals surface area contributed by atoms with E-state index in [0.29, 0.717) is 6.04 Å². The van der Waals surface area contributed by atoms with E-state index in [-0.39, 0.29) is 0 Å². The first-order chi connectivity index (χ1) is 7.70. The monoisotopic (exact) mass is 282 g/mol. The van der Waals surface area contributed by atoms with Crippen molar-refractivity contribution in [2.75, 3.05) is 24.5 Å². The van der Waals surface area contributed by atoms with Crippen LogP contribution in [0.4, 0.5) is 5.69 Å². The van der Waals surface area contributed by atoms with Crippen molar-refractivity contribution in [3.05, 3.63) is 28.2 Å². The Hall–Kier alpha value is -0.540. The van der Waals surface area contributed by atoms with Crippen molar-refractivity contribution in [3.8, 4) is 0 Å². The first-order valence-corrected chi connectivity index (χ1v) is 6.74. The molecule has 0 bridgehead atoms. The number of benzene rings is 1. The van der Waals surface area contributed by atoms with Crippen LogP contribution in [0.2, 0.25) is 0 Å². The van der Waals surface area contributed by atoms with Crippen molar-refractivity contribution in [3.63, 3.8) is 0 Å². The van der Waals surface area contributed by atoms with E-state index in [2.05, 4.69) is 58.2 Å². The number of piperazine rings is 1. The lowest BCUT2D eigenvalue weighted by Gasteiger charge is -2.35. The second-order valence-corrected chi connectivity index (χ2v) is 5.31. The van der Waals surface area contributed by atoms with Gasteiger partial charge in [-0.3, -0.25) is 0 Å². The molecule has 0 aromatic heterocycles. The highest BCUT2D eigenvalue weighted by molar-refractivity contribution is 9.10. The maximum atomic E-state index is 3.65. The molecule has 0 amide bonds.